The Labute approximate surface area is 76.2 Å². The molecule has 0 unspecified atom stereocenters. The molecule has 1 aliphatic rings. The van der Waals surface area contributed by atoms with Crippen molar-refractivity contribution in [2.75, 3.05) is 0 Å². The van der Waals surface area contributed by atoms with Gasteiger partial charge in [-0.15, -0.1) is 0 Å². The molecule has 70 valence electrons. The zero-order valence-electron chi connectivity index (χ0n) is 7.53. The summed E-state index contributed by atoms with van der Waals surface area (Å²) >= 11 is 0. The molecule has 0 bridgehead atoms. The van der Waals surface area contributed by atoms with Crippen LogP contribution >= 0.6 is 0 Å². The van der Waals surface area contributed by atoms with E-state index in [1.54, 1.807) is 24.1 Å². The highest BCUT2D eigenvalue weighted by Gasteiger charge is 2.46. The molecule has 2 rings (SSSR count). The van der Waals surface area contributed by atoms with Gasteiger partial charge in [0.05, 0.1) is 11.6 Å². The minimum absolute atomic E-state index is 0.631. The van der Waals surface area contributed by atoms with Crippen molar-refractivity contribution in [3.8, 4) is 0 Å². The van der Waals surface area contributed by atoms with Gasteiger partial charge in [-0.3, -0.25) is 9.48 Å². The number of carbonyl (C=O) groups is 1. The van der Waals surface area contributed by atoms with Gasteiger partial charge >= 0.3 is 5.97 Å². The van der Waals surface area contributed by atoms with Gasteiger partial charge in [-0.2, -0.15) is 5.10 Å². The first-order valence-corrected chi connectivity index (χ1v) is 4.38. The first kappa shape index (κ1) is 8.29. The molecule has 4 heteroatoms. The summed E-state index contributed by atoms with van der Waals surface area (Å²) in [6, 6.07) is 0. The van der Waals surface area contributed by atoms with Crippen LogP contribution in [0.2, 0.25) is 0 Å². The van der Waals surface area contributed by atoms with Crippen molar-refractivity contribution in [2.45, 2.75) is 24.7 Å². The Bertz CT molecular complexity index is 339. The lowest BCUT2D eigenvalue weighted by Gasteiger charge is -2.36. The molecule has 1 aromatic heterocycles. The minimum Gasteiger partial charge on any atom is -0.481 e. The third-order valence-electron chi connectivity index (χ3n) is 2.87. The predicted molar refractivity (Wildman–Crippen MR) is 46.4 cm³/mol. The Morgan fingerprint density at radius 1 is 1.69 bits per heavy atom. The van der Waals surface area contributed by atoms with E-state index in [4.69, 9.17) is 5.11 Å². The van der Waals surface area contributed by atoms with Crippen LogP contribution in [-0.2, 0) is 17.3 Å². The van der Waals surface area contributed by atoms with E-state index in [-0.39, 0.29) is 0 Å². The number of aromatic nitrogens is 2. The van der Waals surface area contributed by atoms with Crippen molar-refractivity contribution >= 4 is 5.97 Å². The normalized spacial score (nSPS) is 19.5. The Hall–Kier alpha value is -1.32. The second-order valence-corrected chi connectivity index (χ2v) is 3.64. The van der Waals surface area contributed by atoms with Crippen LogP contribution in [0.1, 0.15) is 24.8 Å². The maximum Gasteiger partial charge on any atom is 0.314 e. The Morgan fingerprint density at radius 2 is 2.38 bits per heavy atom. The molecule has 0 spiro atoms. The Kier molecular flexibility index (Phi) is 1.65. The fourth-order valence-electron chi connectivity index (χ4n) is 1.82. The van der Waals surface area contributed by atoms with Gasteiger partial charge in [-0.25, -0.2) is 0 Å². The summed E-state index contributed by atoms with van der Waals surface area (Å²) in [6.45, 7) is 0. The number of carboxylic acids is 1. The molecule has 1 saturated carbocycles. The highest BCUT2D eigenvalue weighted by Crippen LogP contribution is 2.43. The van der Waals surface area contributed by atoms with Gasteiger partial charge < -0.3 is 5.11 Å². The van der Waals surface area contributed by atoms with Gasteiger partial charge in [0, 0.05) is 18.8 Å². The molecule has 1 fully saturated rings. The molecule has 0 aliphatic heterocycles. The zero-order valence-corrected chi connectivity index (χ0v) is 7.53. The number of hydrogen-bond donors (Lipinski definition) is 1. The monoisotopic (exact) mass is 180 g/mol. The lowest BCUT2D eigenvalue weighted by Crippen LogP contribution is -2.42. The van der Waals surface area contributed by atoms with Crippen molar-refractivity contribution in [3.05, 3.63) is 18.0 Å². The lowest BCUT2D eigenvalue weighted by molar-refractivity contribution is -0.147. The maximum absolute atomic E-state index is 11.1. The van der Waals surface area contributed by atoms with Gasteiger partial charge in [0.1, 0.15) is 0 Å². The summed E-state index contributed by atoms with van der Waals surface area (Å²) in [5.74, 6) is -0.716. The molecule has 13 heavy (non-hydrogen) atoms. The third-order valence-corrected chi connectivity index (χ3v) is 2.87. The predicted octanol–water partition coefficient (Wildman–Crippen LogP) is 0.926. The number of aliphatic carboxylic acids is 1. The van der Waals surface area contributed by atoms with Gasteiger partial charge in [-0.05, 0) is 12.8 Å². The van der Waals surface area contributed by atoms with Crippen LogP contribution in [0.3, 0.4) is 0 Å². The second-order valence-electron chi connectivity index (χ2n) is 3.64. The standard InChI is InChI=1S/C9H12N2O2/c1-11-6-7(5-10-11)9(8(12)13)3-2-4-9/h5-6H,2-4H2,1H3,(H,12,13). The fraction of sp³-hybridized carbons (Fsp3) is 0.556. The van der Waals surface area contributed by atoms with Crippen molar-refractivity contribution in [3.63, 3.8) is 0 Å². The highest BCUT2D eigenvalue weighted by atomic mass is 16.4. The topological polar surface area (TPSA) is 55.1 Å². The average molecular weight is 180 g/mol. The molecule has 0 amide bonds. The first-order chi connectivity index (χ1) is 6.15. The largest absolute Gasteiger partial charge is 0.481 e. The smallest absolute Gasteiger partial charge is 0.314 e. The van der Waals surface area contributed by atoms with Gasteiger partial charge in [0.15, 0.2) is 0 Å². The molecule has 4 nitrogen and oxygen atoms in total. The molecule has 0 aromatic carbocycles. The minimum atomic E-state index is -0.716. The van der Waals surface area contributed by atoms with Crippen LogP contribution < -0.4 is 0 Å². The van der Waals surface area contributed by atoms with Gasteiger partial charge in [-0.1, -0.05) is 6.42 Å². The Morgan fingerprint density at radius 3 is 2.69 bits per heavy atom. The summed E-state index contributed by atoms with van der Waals surface area (Å²) in [5, 5.41) is 13.1. The van der Waals surface area contributed by atoms with Crippen molar-refractivity contribution in [1.29, 1.82) is 0 Å². The average Bonchev–Trinajstić information content (AvgIpc) is 2.32. The van der Waals surface area contributed by atoms with E-state index >= 15 is 0 Å². The van der Waals surface area contributed by atoms with Crippen molar-refractivity contribution in [2.24, 2.45) is 7.05 Å². The molecule has 1 aliphatic carbocycles. The number of aryl methyl sites for hydroxylation is 1. The van der Waals surface area contributed by atoms with Crippen LogP contribution in [0.15, 0.2) is 12.4 Å². The molecular formula is C9H12N2O2. The van der Waals surface area contributed by atoms with Gasteiger partial charge in [0.2, 0.25) is 0 Å². The Balaban J connectivity index is 2.37. The van der Waals surface area contributed by atoms with E-state index in [9.17, 15) is 4.79 Å². The molecule has 1 aromatic rings. The summed E-state index contributed by atoms with van der Waals surface area (Å²) in [7, 11) is 1.80. The SMILES string of the molecule is Cn1cc(C2(C(=O)O)CCC2)cn1. The first-order valence-electron chi connectivity index (χ1n) is 4.38. The highest BCUT2D eigenvalue weighted by molar-refractivity contribution is 5.82. The number of nitrogens with zero attached hydrogens (tertiary/aromatic N) is 2. The molecular weight excluding hydrogens is 168 g/mol. The second kappa shape index (κ2) is 2.58. The summed E-state index contributed by atoms with van der Waals surface area (Å²) in [6.07, 6.45) is 5.95. The van der Waals surface area contributed by atoms with Gasteiger partial charge in [0.25, 0.3) is 0 Å². The number of carboxylic acid groups (broad SMARTS) is 1. The summed E-state index contributed by atoms with van der Waals surface area (Å²) in [4.78, 5) is 11.1. The molecule has 1 N–H and O–H groups in total. The van der Waals surface area contributed by atoms with Crippen LogP contribution in [0.25, 0.3) is 0 Å². The van der Waals surface area contributed by atoms with Crippen LogP contribution in [0, 0.1) is 0 Å². The molecule has 1 heterocycles. The van der Waals surface area contributed by atoms with E-state index < -0.39 is 11.4 Å². The summed E-state index contributed by atoms with van der Waals surface area (Å²) < 4.78 is 1.65. The summed E-state index contributed by atoms with van der Waals surface area (Å²) in [5.41, 5.74) is 0.211. The molecule has 0 saturated heterocycles. The lowest BCUT2D eigenvalue weighted by atomic mass is 9.65. The van der Waals surface area contributed by atoms with Crippen LogP contribution in [-0.4, -0.2) is 20.9 Å². The third kappa shape index (κ3) is 1.05. The van der Waals surface area contributed by atoms with Crippen molar-refractivity contribution < 1.29 is 9.90 Å². The molecule has 0 atom stereocenters. The zero-order chi connectivity index (χ0) is 9.47. The van der Waals surface area contributed by atoms with Crippen LogP contribution in [0.4, 0.5) is 0 Å². The van der Waals surface area contributed by atoms with E-state index in [2.05, 4.69) is 5.10 Å². The quantitative estimate of drug-likeness (QED) is 0.736. The van der Waals surface area contributed by atoms with E-state index in [1.807, 2.05) is 0 Å². The van der Waals surface area contributed by atoms with E-state index in [0.717, 1.165) is 24.8 Å². The fourth-order valence-corrected chi connectivity index (χ4v) is 1.82. The molecule has 0 radical (unpaired) electrons. The van der Waals surface area contributed by atoms with Crippen molar-refractivity contribution in [1.82, 2.24) is 9.78 Å². The van der Waals surface area contributed by atoms with E-state index in [1.165, 1.54) is 0 Å². The van der Waals surface area contributed by atoms with E-state index in [0.29, 0.717) is 0 Å². The van der Waals surface area contributed by atoms with Crippen LogP contribution in [0.5, 0.6) is 0 Å². The maximum atomic E-state index is 11.1. The number of rotatable bonds is 2. The number of hydrogen-bond acceptors (Lipinski definition) is 2.